The van der Waals surface area contributed by atoms with E-state index in [0.29, 0.717) is 0 Å². The van der Waals surface area contributed by atoms with Crippen LogP contribution in [0.5, 0.6) is 5.75 Å². The van der Waals surface area contributed by atoms with Gasteiger partial charge in [0.05, 0.1) is 12.8 Å². The van der Waals surface area contributed by atoms with Crippen LogP contribution in [-0.4, -0.2) is 17.1 Å². The van der Waals surface area contributed by atoms with E-state index in [1.807, 2.05) is 36.4 Å². The number of aromatic nitrogens is 2. The number of benzene rings is 2. The van der Waals surface area contributed by atoms with Crippen molar-refractivity contribution < 1.29 is 4.74 Å². The molecule has 0 amide bonds. The van der Waals surface area contributed by atoms with E-state index in [0.717, 1.165) is 28.1 Å². The lowest BCUT2D eigenvalue weighted by atomic mass is 9.97. The average Bonchev–Trinajstić information content (AvgIpc) is 2.61. The van der Waals surface area contributed by atoms with Crippen LogP contribution in [0.2, 0.25) is 0 Å². The third kappa shape index (κ3) is 3.20. The van der Waals surface area contributed by atoms with Gasteiger partial charge in [0.1, 0.15) is 12.1 Å². The second kappa shape index (κ2) is 6.68. The van der Waals surface area contributed by atoms with Crippen molar-refractivity contribution in [2.45, 2.75) is 0 Å². The third-order valence-corrected chi connectivity index (χ3v) is 3.38. The molecule has 0 N–H and O–H groups in total. The van der Waals surface area contributed by atoms with E-state index in [9.17, 15) is 0 Å². The van der Waals surface area contributed by atoms with Crippen LogP contribution in [0, 0.1) is 0 Å². The van der Waals surface area contributed by atoms with Gasteiger partial charge in [-0.1, -0.05) is 42.5 Å². The normalized spacial score (nSPS) is 11.2. The minimum absolute atomic E-state index is 0.846. The molecule has 0 saturated heterocycles. The highest BCUT2D eigenvalue weighted by Gasteiger charge is 2.06. The molecule has 0 radical (unpaired) electrons. The van der Waals surface area contributed by atoms with Crippen molar-refractivity contribution in [3.63, 3.8) is 0 Å². The van der Waals surface area contributed by atoms with Gasteiger partial charge >= 0.3 is 0 Å². The van der Waals surface area contributed by atoms with Crippen LogP contribution in [0.1, 0.15) is 16.8 Å². The van der Waals surface area contributed by atoms with E-state index in [-0.39, 0.29) is 0 Å². The highest BCUT2D eigenvalue weighted by molar-refractivity contribution is 5.90. The SMILES string of the molecule is COc1ccc(C(=Cc2ccncn2)c2ccccc2)cc1. The quantitative estimate of drug-likeness (QED) is 0.725. The zero-order valence-electron chi connectivity index (χ0n) is 12.3. The molecule has 3 heteroatoms. The van der Waals surface area contributed by atoms with Crippen LogP contribution >= 0.6 is 0 Å². The van der Waals surface area contributed by atoms with Gasteiger partial charge in [0.25, 0.3) is 0 Å². The first-order chi connectivity index (χ1) is 10.9. The lowest BCUT2D eigenvalue weighted by Gasteiger charge is -2.09. The van der Waals surface area contributed by atoms with Gasteiger partial charge in [-0.25, -0.2) is 9.97 Å². The van der Waals surface area contributed by atoms with E-state index < -0.39 is 0 Å². The molecule has 0 spiro atoms. The topological polar surface area (TPSA) is 35.0 Å². The summed E-state index contributed by atoms with van der Waals surface area (Å²) in [5, 5.41) is 0. The molecule has 108 valence electrons. The van der Waals surface area contributed by atoms with Crippen molar-refractivity contribution in [3.8, 4) is 5.75 Å². The predicted molar refractivity (Wildman–Crippen MR) is 88.4 cm³/mol. The summed E-state index contributed by atoms with van der Waals surface area (Å²) < 4.78 is 5.23. The van der Waals surface area contributed by atoms with Crippen molar-refractivity contribution in [1.29, 1.82) is 0 Å². The maximum absolute atomic E-state index is 5.23. The Morgan fingerprint density at radius 2 is 1.64 bits per heavy atom. The molecule has 0 aliphatic heterocycles. The Labute approximate surface area is 130 Å². The molecule has 3 aromatic rings. The minimum atomic E-state index is 0.846. The standard InChI is InChI=1S/C19H16N2O/c1-22-18-9-7-16(8-10-18)19(15-5-3-2-4-6-15)13-17-11-12-20-14-21-17/h2-14H,1H3. The Hall–Kier alpha value is -2.94. The van der Waals surface area contributed by atoms with Crippen LogP contribution in [0.25, 0.3) is 11.6 Å². The molecule has 22 heavy (non-hydrogen) atoms. The highest BCUT2D eigenvalue weighted by Crippen LogP contribution is 2.27. The van der Waals surface area contributed by atoms with Crippen molar-refractivity contribution >= 4 is 11.6 Å². The second-order valence-electron chi connectivity index (χ2n) is 4.79. The van der Waals surface area contributed by atoms with E-state index in [1.54, 1.807) is 19.6 Å². The van der Waals surface area contributed by atoms with Crippen LogP contribution in [0.3, 0.4) is 0 Å². The summed E-state index contributed by atoms with van der Waals surface area (Å²) in [6, 6.07) is 20.2. The number of rotatable bonds is 4. The van der Waals surface area contributed by atoms with E-state index in [2.05, 4.69) is 40.3 Å². The Balaban J connectivity index is 2.08. The molecule has 0 unspecified atom stereocenters. The number of methoxy groups -OCH3 is 1. The lowest BCUT2D eigenvalue weighted by molar-refractivity contribution is 0.415. The van der Waals surface area contributed by atoms with E-state index >= 15 is 0 Å². The molecule has 2 aromatic carbocycles. The molecular weight excluding hydrogens is 272 g/mol. The molecule has 0 saturated carbocycles. The maximum Gasteiger partial charge on any atom is 0.118 e. The van der Waals surface area contributed by atoms with Crippen LogP contribution < -0.4 is 4.74 Å². The van der Waals surface area contributed by atoms with Gasteiger partial charge in [0.2, 0.25) is 0 Å². The number of ether oxygens (including phenoxy) is 1. The van der Waals surface area contributed by atoms with Crippen LogP contribution in [0.4, 0.5) is 0 Å². The van der Waals surface area contributed by atoms with Gasteiger partial charge < -0.3 is 4.74 Å². The van der Waals surface area contributed by atoms with Gasteiger partial charge in [0.15, 0.2) is 0 Å². The highest BCUT2D eigenvalue weighted by atomic mass is 16.5. The van der Waals surface area contributed by atoms with Gasteiger partial charge in [-0.05, 0) is 41.0 Å². The average molecular weight is 288 g/mol. The fourth-order valence-corrected chi connectivity index (χ4v) is 2.26. The summed E-state index contributed by atoms with van der Waals surface area (Å²) >= 11 is 0. The Morgan fingerprint density at radius 3 is 2.27 bits per heavy atom. The second-order valence-corrected chi connectivity index (χ2v) is 4.79. The molecule has 0 aliphatic rings. The molecule has 0 atom stereocenters. The van der Waals surface area contributed by atoms with Gasteiger partial charge in [-0.3, -0.25) is 0 Å². The van der Waals surface area contributed by atoms with Crippen molar-refractivity contribution in [3.05, 3.63) is 90.0 Å². The van der Waals surface area contributed by atoms with Gasteiger partial charge in [0, 0.05) is 6.20 Å². The summed E-state index contributed by atoms with van der Waals surface area (Å²) in [6.45, 7) is 0. The fourth-order valence-electron chi connectivity index (χ4n) is 2.26. The molecule has 0 aliphatic carbocycles. The molecule has 0 fully saturated rings. The zero-order valence-corrected chi connectivity index (χ0v) is 12.3. The Kier molecular flexibility index (Phi) is 4.25. The smallest absolute Gasteiger partial charge is 0.118 e. The maximum atomic E-state index is 5.23. The minimum Gasteiger partial charge on any atom is -0.497 e. The first kappa shape index (κ1) is 14.0. The monoisotopic (exact) mass is 288 g/mol. The number of nitrogens with zero attached hydrogens (tertiary/aromatic N) is 2. The number of hydrogen-bond donors (Lipinski definition) is 0. The first-order valence-electron chi connectivity index (χ1n) is 7.04. The molecular formula is C19H16N2O. The Morgan fingerprint density at radius 1 is 0.909 bits per heavy atom. The van der Waals surface area contributed by atoms with Crippen LogP contribution in [0.15, 0.2) is 73.2 Å². The summed E-state index contributed by atoms with van der Waals surface area (Å²) in [7, 11) is 1.67. The van der Waals surface area contributed by atoms with E-state index in [4.69, 9.17) is 4.74 Å². The third-order valence-electron chi connectivity index (χ3n) is 3.38. The fraction of sp³-hybridized carbons (Fsp3) is 0.0526. The van der Waals surface area contributed by atoms with Crippen molar-refractivity contribution in [2.75, 3.05) is 7.11 Å². The lowest BCUT2D eigenvalue weighted by Crippen LogP contribution is -1.90. The molecule has 3 nitrogen and oxygen atoms in total. The first-order valence-corrected chi connectivity index (χ1v) is 7.04. The number of hydrogen-bond acceptors (Lipinski definition) is 3. The molecule has 1 heterocycles. The van der Waals surface area contributed by atoms with Crippen molar-refractivity contribution in [1.82, 2.24) is 9.97 Å². The van der Waals surface area contributed by atoms with Crippen LogP contribution in [-0.2, 0) is 0 Å². The van der Waals surface area contributed by atoms with E-state index in [1.165, 1.54) is 0 Å². The summed E-state index contributed by atoms with van der Waals surface area (Å²) in [4.78, 5) is 8.26. The predicted octanol–water partition coefficient (Wildman–Crippen LogP) is 4.07. The summed E-state index contributed by atoms with van der Waals surface area (Å²) in [5.74, 6) is 0.846. The zero-order chi connectivity index (χ0) is 15.2. The molecule has 1 aromatic heterocycles. The van der Waals surface area contributed by atoms with Gasteiger partial charge in [-0.2, -0.15) is 0 Å². The summed E-state index contributed by atoms with van der Waals surface area (Å²) in [6.07, 6.45) is 5.37. The largest absolute Gasteiger partial charge is 0.497 e. The van der Waals surface area contributed by atoms with Gasteiger partial charge in [-0.15, -0.1) is 0 Å². The summed E-state index contributed by atoms with van der Waals surface area (Å²) in [5.41, 5.74) is 4.25. The molecule has 0 bridgehead atoms. The molecule has 3 rings (SSSR count). The van der Waals surface area contributed by atoms with Crippen molar-refractivity contribution in [2.24, 2.45) is 0 Å². The Bertz CT molecular complexity index is 750.